The molecule has 30 heavy (non-hydrogen) atoms. The molecule has 1 fully saturated rings. The molecule has 1 saturated heterocycles. The fraction of sp³-hybridized carbons (Fsp3) is 0.348. The predicted octanol–water partition coefficient (Wildman–Crippen LogP) is 2.59. The van der Waals surface area contributed by atoms with Gasteiger partial charge in [0.2, 0.25) is 5.82 Å². The number of piperazine rings is 1. The van der Waals surface area contributed by atoms with Gasteiger partial charge in [0.25, 0.3) is 5.91 Å². The van der Waals surface area contributed by atoms with Crippen LogP contribution in [-0.2, 0) is 6.54 Å². The first-order chi connectivity index (χ1) is 14.5. The van der Waals surface area contributed by atoms with Crippen molar-refractivity contribution in [3.05, 3.63) is 77.4 Å². The molecule has 1 amide bonds. The topological polar surface area (TPSA) is 74.5 Å². The van der Waals surface area contributed by atoms with Gasteiger partial charge in [-0.2, -0.15) is 0 Å². The van der Waals surface area contributed by atoms with Gasteiger partial charge in [-0.3, -0.25) is 4.79 Å². The molecule has 2 heterocycles. The number of anilines is 1. The van der Waals surface area contributed by atoms with E-state index in [-0.39, 0.29) is 18.3 Å². The van der Waals surface area contributed by atoms with E-state index in [1.54, 1.807) is 4.90 Å². The maximum atomic E-state index is 12.8. The summed E-state index contributed by atoms with van der Waals surface area (Å²) in [5.74, 6) is 0.0130. The lowest BCUT2D eigenvalue weighted by Gasteiger charge is -2.36. The predicted molar refractivity (Wildman–Crippen MR) is 115 cm³/mol. The summed E-state index contributed by atoms with van der Waals surface area (Å²) in [5, 5.41) is 14.7. The first-order valence-corrected chi connectivity index (χ1v) is 10.3. The Morgan fingerprint density at radius 1 is 1.03 bits per heavy atom. The number of rotatable bonds is 5. The van der Waals surface area contributed by atoms with E-state index in [2.05, 4.69) is 47.0 Å². The van der Waals surface area contributed by atoms with Crippen LogP contribution in [0.2, 0.25) is 0 Å². The lowest BCUT2D eigenvalue weighted by Crippen LogP contribution is -2.49. The largest absolute Gasteiger partial charge is 0.386 e. The van der Waals surface area contributed by atoms with Crippen LogP contribution in [0.1, 0.15) is 33.4 Å². The number of carbonyl (C=O) groups is 1. The van der Waals surface area contributed by atoms with Crippen LogP contribution in [-0.4, -0.2) is 56.9 Å². The van der Waals surface area contributed by atoms with Gasteiger partial charge in [-0.15, -0.1) is 5.10 Å². The highest BCUT2D eigenvalue weighted by atomic mass is 16.3. The molecular formula is C23H27N5O2. The number of benzene rings is 2. The van der Waals surface area contributed by atoms with E-state index in [0.717, 1.165) is 18.7 Å². The number of aliphatic hydroxyl groups is 1. The van der Waals surface area contributed by atoms with Crippen LogP contribution < -0.4 is 4.90 Å². The third-order valence-corrected chi connectivity index (χ3v) is 5.76. The number of aromatic nitrogens is 3. The molecule has 0 bridgehead atoms. The molecule has 3 aromatic rings. The quantitative estimate of drug-likeness (QED) is 0.706. The second kappa shape index (κ2) is 8.67. The van der Waals surface area contributed by atoms with E-state index in [1.807, 2.05) is 30.3 Å². The van der Waals surface area contributed by atoms with Crippen molar-refractivity contribution in [3.8, 4) is 0 Å². The Morgan fingerprint density at radius 3 is 2.50 bits per heavy atom. The summed E-state index contributed by atoms with van der Waals surface area (Å²) >= 11 is 0. The van der Waals surface area contributed by atoms with Gasteiger partial charge in [-0.05, 0) is 36.6 Å². The molecule has 1 aliphatic heterocycles. The molecule has 1 N–H and O–H groups in total. The van der Waals surface area contributed by atoms with Crippen molar-refractivity contribution in [2.45, 2.75) is 26.5 Å². The molecule has 0 spiro atoms. The number of amides is 1. The van der Waals surface area contributed by atoms with Crippen LogP contribution in [0, 0.1) is 13.8 Å². The monoisotopic (exact) mass is 405 g/mol. The minimum Gasteiger partial charge on any atom is -0.386 e. The van der Waals surface area contributed by atoms with Gasteiger partial charge in [0, 0.05) is 31.9 Å². The highest BCUT2D eigenvalue weighted by Crippen LogP contribution is 2.24. The van der Waals surface area contributed by atoms with Crippen molar-refractivity contribution in [3.63, 3.8) is 0 Å². The van der Waals surface area contributed by atoms with Gasteiger partial charge in [0.1, 0.15) is 6.33 Å². The van der Waals surface area contributed by atoms with E-state index < -0.39 is 6.10 Å². The van der Waals surface area contributed by atoms with Gasteiger partial charge in [-0.1, -0.05) is 42.5 Å². The Kier molecular flexibility index (Phi) is 5.81. The zero-order valence-electron chi connectivity index (χ0n) is 17.4. The molecule has 1 atom stereocenters. The van der Waals surface area contributed by atoms with Crippen molar-refractivity contribution < 1.29 is 9.90 Å². The molecule has 7 nitrogen and oxygen atoms in total. The van der Waals surface area contributed by atoms with E-state index >= 15 is 0 Å². The van der Waals surface area contributed by atoms with Crippen LogP contribution in [0.4, 0.5) is 5.69 Å². The zero-order chi connectivity index (χ0) is 21.1. The summed E-state index contributed by atoms with van der Waals surface area (Å²) in [7, 11) is 0. The summed E-state index contributed by atoms with van der Waals surface area (Å²) in [6.45, 7) is 7.34. The smallest absolute Gasteiger partial charge is 0.293 e. The van der Waals surface area contributed by atoms with E-state index in [4.69, 9.17) is 0 Å². The molecule has 0 saturated carbocycles. The normalized spacial score (nSPS) is 15.3. The van der Waals surface area contributed by atoms with Gasteiger partial charge < -0.3 is 14.9 Å². The summed E-state index contributed by atoms with van der Waals surface area (Å²) < 4.78 is 1.53. The molecule has 0 unspecified atom stereocenters. The Hall–Kier alpha value is -3.19. The number of carbonyl (C=O) groups excluding carboxylic acids is 1. The average Bonchev–Trinajstić information content (AvgIpc) is 3.24. The SMILES string of the molecule is Cc1cccc(N2CCN(C(=O)c3ncn(C[C@H](O)c4ccccc4)n3)CC2)c1C. The van der Waals surface area contributed by atoms with Crippen LogP contribution >= 0.6 is 0 Å². The second-order valence-electron chi connectivity index (χ2n) is 7.71. The number of aryl methyl sites for hydroxylation is 1. The van der Waals surface area contributed by atoms with Gasteiger partial charge in [0.15, 0.2) is 0 Å². The molecule has 4 rings (SSSR count). The molecule has 1 aromatic heterocycles. The van der Waals surface area contributed by atoms with Crippen molar-refractivity contribution in [1.82, 2.24) is 19.7 Å². The van der Waals surface area contributed by atoms with Crippen molar-refractivity contribution in [2.24, 2.45) is 0 Å². The highest BCUT2D eigenvalue weighted by Gasteiger charge is 2.25. The molecule has 7 heteroatoms. The van der Waals surface area contributed by atoms with E-state index in [1.165, 1.54) is 27.8 Å². The van der Waals surface area contributed by atoms with Gasteiger partial charge in [-0.25, -0.2) is 9.67 Å². The molecule has 0 radical (unpaired) electrons. The molecule has 2 aromatic carbocycles. The Bertz CT molecular complexity index is 1010. The minimum atomic E-state index is -0.697. The average molecular weight is 406 g/mol. The van der Waals surface area contributed by atoms with Gasteiger partial charge >= 0.3 is 0 Å². The zero-order valence-corrected chi connectivity index (χ0v) is 17.4. The molecular weight excluding hydrogens is 378 g/mol. The van der Waals surface area contributed by atoms with Crippen molar-refractivity contribution in [2.75, 3.05) is 31.1 Å². The third-order valence-electron chi connectivity index (χ3n) is 5.76. The Balaban J connectivity index is 1.36. The second-order valence-corrected chi connectivity index (χ2v) is 7.71. The maximum absolute atomic E-state index is 12.8. The number of aliphatic hydroxyl groups excluding tert-OH is 1. The lowest BCUT2D eigenvalue weighted by molar-refractivity contribution is 0.0733. The fourth-order valence-corrected chi connectivity index (χ4v) is 3.81. The highest BCUT2D eigenvalue weighted by molar-refractivity contribution is 5.90. The lowest BCUT2D eigenvalue weighted by atomic mass is 10.1. The molecule has 156 valence electrons. The van der Waals surface area contributed by atoms with Crippen LogP contribution in [0.25, 0.3) is 0 Å². The number of nitrogens with zero attached hydrogens (tertiary/aromatic N) is 5. The number of hydrogen-bond donors (Lipinski definition) is 1. The van der Waals surface area contributed by atoms with Crippen LogP contribution in [0.15, 0.2) is 54.9 Å². The summed E-state index contributed by atoms with van der Waals surface area (Å²) in [4.78, 5) is 21.1. The Labute approximate surface area is 176 Å². The number of hydrogen-bond acceptors (Lipinski definition) is 5. The Morgan fingerprint density at radius 2 is 1.77 bits per heavy atom. The molecule has 0 aliphatic carbocycles. The standard InChI is InChI=1S/C23H27N5O2/c1-17-7-6-10-20(18(17)2)26-11-13-27(14-12-26)23(30)22-24-16-28(25-22)15-21(29)19-8-4-3-5-9-19/h3-10,16,21,29H,11-15H2,1-2H3/t21-/m0/s1. The first-order valence-electron chi connectivity index (χ1n) is 10.3. The van der Waals surface area contributed by atoms with E-state index in [9.17, 15) is 9.90 Å². The maximum Gasteiger partial charge on any atom is 0.293 e. The minimum absolute atomic E-state index is 0.163. The molecule has 1 aliphatic rings. The van der Waals surface area contributed by atoms with Crippen LogP contribution in [0.3, 0.4) is 0 Å². The van der Waals surface area contributed by atoms with Crippen molar-refractivity contribution in [1.29, 1.82) is 0 Å². The summed E-state index contributed by atoms with van der Waals surface area (Å²) in [5.41, 5.74) is 4.61. The van der Waals surface area contributed by atoms with Crippen LogP contribution in [0.5, 0.6) is 0 Å². The fourth-order valence-electron chi connectivity index (χ4n) is 3.81. The first kappa shape index (κ1) is 20.1. The van der Waals surface area contributed by atoms with Crippen molar-refractivity contribution >= 4 is 11.6 Å². The van der Waals surface area contributed by atoms with Gasteiger partial charge in [0.05, 0.1) is 12.6 Å². The third kappa shape index (κ3) is 4.21. The van der Waals surface area contributed by atoms with E-state index in [0.29, 0.717) is 13.1 Å². The summed E-state index contributed by atoms with van der Waals surface area (Å²) in [6.07, 6.45) is 0.808. The summed E-state index contributed by atoms with van der Waals surface area (Å²) in [6, 6.07) is 15.7.